The number of carbonyl (C=O) groups is 1. The molecule has 20 heavy (non-hydrogen) atoms. The van der Waals surface area contributed by atoms with Crippen LogP contribution in [-0.4, -0.2) is 12.5 Å². The molecule has 0 saturated carbocycles. The topological polar surface area (TPSA) is 38.3 Å². The molecule has 2 aromatic rings. The Morgan fingerprint density at radius 1 is 1.10 bits per heavy atom. The van der Waals surface area contributed by atoms with E-state index in [1.807, 2.05) is 55.5 Å². The van der Waals surface area contributed by atoms with Crippen LogP contribution in [0.2, 0.25) is 0 Å². The van der Waals surface area contributed by atoms with Gasteiger partial charge in [-0.15, -0.1) is 0 Å². The Labute approximate surface area is 118 Å². The maximum Gasteiger partial charge on any atom is 0.232 e. The van der Waals surface area contributed by atoms with Crippen LogP contribution >= 0.6 is 0 Å². The summed E-state index contributed by atoms with van der Waals surface area (Å²) in [5.74, 6) is 0.803. The summed E-state index contributed by atoms with van der Waals surface area (Å²) in [6.07, 6.45) is 0.666. The molecule has 0 aromatic heterocycles. The molecule has 3 nitrogen and oxygen atoms in total. The molecular weight excluding hydrogens is 250 g/mol. The number of anilines is 1. The van der Waals surface area contributed by atoms with Gasteiger partial charge in [0.2, 0.25) is 5.91 Å². The number of hydrogen-bond acceptors (Lipinski definition) is 2. The Hall–Kier alpha value is -2.29. The van der Waals surface area contributed by atoms with Crippen molar-refractivity contribution in [3.63, 3.8) is 0 Å². The Morgan fingerprint density at radius 2 is 1.85 bits per heavy atom. The third-order valence-corrected chi connectivity index (χ3v) is 3.61. The zero-order valence-corrected chi connectivity index (χ0v) is 11.4. The standard InChI is InChI=1S/C17H17NO2/c1-2-20-16-10-6-3-7-12(16)11-14-13-8-4-5-9-15(13)18-17(14)19/h3-10,14H,2,11H2,1H3,(H,18,19). The van der Waals surface area contributed by atoms with Crippen LogP contribution in [0.15, 0.2) is 48.5 Å². The SMILES string of the molecule is CCOc1ccccc1CC1C(=O)Nc2ccccc21. The smallest absolute Gasteiger partial charge is 0.232 e. The number of ether oxygens (including phenoxy) is 1. The Bertz CT molecular complexity index is 636. The van der Waals surface area contributed by atoms with Gasteiger partial charge in [0.05, 0.1) is 12.5 Å². The fourth-order valence-corrected chi connectivity index (χ4v) is 2.67. The summed E-state index contributed by atoms with van der Waals surface area (Å²) < 4.78 is 5.64. The number of nitrogens with one attached hydrogen (secondary N) is 1. The predicted molar refractivity (Wildman–Crippen MR) is 79.1 cm³/mol. The lowest BCUT2D eigenvalue weighted by Crippen LogP contribution is -2.14. The summed E-state index contributed by atoms with van der Waals surface area (Å²) in [7, 11) is 0. The van der Waals surface area contributed by atoms with Gasteiger partial charge in [-0.2, -0.15) is 0 Å². The number of amides is 1. The van der Waals surface area contributed by atoms with Gasteiger partial charge in [0.15, 0.2) is 0 Å². The number of carbonyl (C=O) groups excluding carboxylic acids is 1. The van der Waals surface area contributed by atoms with Crippen molar-refractivity contribution in [3.8, 4) is 5.75 Å². The van der Waals surface area contributed by atoms with Crippen molar-refractivity contribution in [2.75, 3.05) is 11.9 Å². The highest BCUT2D eigenvalue weighted by Crippen LogP contribution is 2.36. The summed E-state index contributed by atoms with van der Waals surface area (Å²) in [6.45, 7) is 2.60. The minimum atomic E-state index is -0.132. The number of fused-ring (bicyclic) bond motifs is 1. The molecule has 3 rings (SSSR count). The minimum Gasteiger partial charge on any atom is -0.494 e. The Morgan fingerprint density at radius 3 is 2.70 bits per heavy atom. The third-order valence-electron chi connectivity index (χ3n) is 3.61. The fourth-order valence-electron chi connectivity index (χ4n) is 2.67. The van der Waals surface area contributed by atoms with Crippen molar-refractivity contribution in [1.29, 1.82) is 0 Å². The minimum absolute atomic E-state index is 0.0671. The summed E-state index contributed by atoms with van der Waals surface area (Å²) in [5.41, 5.74) is 3.08. The van der Waals surface area contributed by atoms with E-state index in [1.54, 1.807) is 0 Å². The van der Waals surface area contributed by atoms with Crippen molar-refractivity contribution >= 4 is 11.6 Å². The van der Waals surface area contributed by atoms with Crippen LogP contribution in [0, 0.1) is 0 Å². The van der Waals surface area contributed by atoms with Crippen molar-refractivity contribution in [1.82, 2.24) is 0 Å². The van der Waals surface area contributed by atoms with Gasteiger partial charge in [-0.05, 0) is 36.6 Å². The van der Waals surface area contributed by atoms with Crippen LogP contribution in [0.4, 0.5) is 5.69 Å². The molecule has 1 unspecified atom stereocenters. The molecule has 2 aromatic carbocycles. The van der Waals surface area contributed by atoms with E-state index in [9.17, 15) is 4.79 Å². The second kappa shape index (κ2) is 5.37. The molecule has 1 heterocycles. The van der Waals surface area contributed by atoms with Gasteiger partial charge in [0.1, 0.15) is 5.75 Å². The fraction of sp³-hybridized carbons (Fsp3) is 0.235. The molecule has 1 atom stereocenters. The summed E-state index contributed by atoms with van der Waals surface area (Å²) in [4.78, 5) is 12.2. The van der Waals surface area contributed by atoms with Gasteiger partial charge in [-0.3, -0.25) is 4.79 Å². The first kappa shape index (κ1) is 12.7. The Kier molecular flexibility index (Phi) is 3.42. The summed E-state index contributed by atoms with van der Waals surface area (Å²) >= 11 is 0. The second-order valence-electron chi connectivity index (χ2n) is 4.87. The normalized spacial score (nSPS) is 16.6. The first-order chi connectivity index (χ1) is 9.79. The molecule has 1 aliphatic heterocycles. The first-order valence-electron chi connectivity index (χ1n) is 6.90. The predicted octanol–water partition coefficient (Wildman–Crippen LogP) is 3.36. The quantitative estimate of drug-likeness (QED) is 0.922. The van der Waals surface area contributed by atoms with Crippen molar-refractivity contribution in [3.05, 3.63) is 59.7 Å². The molecule has 1 amide bonds. The van der Waals surface area contributed by atoms with E-state index in [-0.39, 0.29) is 11.8 Å². The molecule has 1 N–H and O–H groups in total. The van der Waals surface area contributed by atoms with Crippen LogP contribution in [0.3, 0.4) is 0 Å². The number of benzene rings is 2. The van der Waals surface area contributed by atoms with E-state index >= 15 is 0 Å². The molecule has 0 spiro atoms. The zero-order chi connectivity index (χ0) is 13.9. The van der Waals surface area contributed by atoms with Crippen LogP contribution in [0.25, 0.3) is 0 Å². The monoisotopic (exact) mass is 267 g/mol. The average Bonchev–Trinajstić information content (AvgIpc) is 2.78. The average molecular weight is 267 g/mol. The summed E-state index contributed by atoms with van der Waals surface area (Å²) in [6, 6.07) is 15.8. The molecule has 0 radical (unpaired) electrons. The van der Waals surface area contributed by atoms with Crippen molar-refractivity contribution in [2.45, 2.75) is 19.3 Å². The molecule has 0 aliphatic carbocycles. The van der Waals surface area contributed by atoms with Gasteiger partial charge in [-0.25, -0.2) is 0 Å². The summed E-state index contributed by atoms with van der Waals surface area (Å²) in [5, 5.41) is 2.94. The van der Waals surface area contributed by atoms with Crippen LogP contribution in [0.5, 0.6) is 5.75 Å². The van der Waals surface area contributed by atoms with Gasteiger partial charge in [0, 0.05) is 5.69 Å². The maximum absolute atomic E-state index is 12.2. The van der Waals surface area contributed by atoms with Crippen LogP contribution in [0.1, 0.15) is 24.0 Å². The van der Waals surface area contributed by atoms with E-state index in [0.717, 1.165) is 22.6 Å². The number of hydrogen-bond donors (Lipinski definition) is 1. The largest absolute Gasteiger partial charge is 0.494 e. The van der Waals surface area contributed by atoms with Crippen molar-refractivity contribution < 1.29 is 9.53 Å². The molecule has 102 valence electrons. The van der Waals surface area contributed by atoms with Gasteiger partial charge >= 0.3 is 0 Å². The third kappa shape index (κ3) is 2.27. The van der Waals surface area contributed by atoms with E-state index in [2.05, 4.69) is 5.32 Å². The van der Waals surface area contributed by atoms with Gasteiger partial charge < -0.3 is 10.1 Å². The Balaban J connectivity index is 1.90. The highest BCUT2D eigenvalue weighted by molar-refractivity contribution is 6.03. The molecule has 0 bridgehead atoms. The highest BCUT2D eigenvalue weighted by Gasteiger charge is 2.30. The first-order valence-corrected chi connectivity index (χ1v) is 6.90. The molecule has 1 aliphatic rings. The van der Waals surface area contributed by atoms with Crippen LogP contribution in [-0.2, 0) is 11.2 Å². The maximum atomic E-state index is 12.2. The molecule has 3 heteroatoms. The van der Waals surface area contributed by atoms with E-state index in [1.165, 1.54) is 0 Å². The lowest BCUT2D eigenvalue weighted by atomic mass is 9.93. The van der Waals surface area contributed by atoms with E-state index in [0.29, 0.717) is 13.0 Å². The van der Waals surface area contributed by atoms with Gasteiger partial charge in [0.25, 0.3) is 0 Å². The lowest BCUT2D eigenvalue weighted by molar-refractivity contribution is -0.117. The lowest BCUT2D eigenvalue weighted by Gasteiger charge is -2.13. The zero-order valence-electron chi connectivity index (χ0n) is 11.4. The van der Waals surface area contributed by atoms with E-state index < -0.39 is 0 Å². The second-order valence-corrected chi connectivity index (χ2v) is 4.87. The van der Waals surface area contributed by atoms with Gasteiger partial charge in [-0.1, -0.05) is 36.4 Å². The number of para-hydroxylation sites is 2. The van der Waals surface area contributed by atoms with Crippen LogP contribution < -0.4 is 10.1 Å². The molecular formula is C17H17NO2. The highest BCUT2D eigenvalue weighted by atomic mass is 16.5. The molecule has 0 fully saturated rings. The molecule has 0 saturated heterocycles. The van der Waals surface area contributed by atoms with Crippen molar-refractivity contribution in [2.24, 2.45) is 0 Å². The van der Waals surface area contributed by atoms with E-state index in [4.69, 9.17) is 4.74 Å². The number of rotatable bonds is 4.